The molecule has 0 spiro atoms. The Hall–Kier alpha value is -3.20. The minimum atomic E-state index is -0.913. The molecule has 29 heavy (non-hydrogen) atoms. The fourth-order valence-electron chi connectivity index (χ4n) is 3.16. The van der Waals surface area contributed by atoms with Gasteiger partial charge in [0.05, 0.1) is 4.92 Å². The van der Waals surface area contributed by atoms with E-state index in [1.807, 2.05) is 0 Å². The highest BCUT2D eigenvalue weighted by Crippen LogP contribution is 2.25. The minimum absolute atomic E-state index is 0.0335. The molecule has 1 aliphatic heterocycles. The lowest BCUT2D eigenvalue weighted by atomic mass is 10.1. The Kier molecular flexibility index (Phi) is 6.28. The van der Waals surface area contributed by atoms with Crippen LogP contribution in [0.5, 0.6) is 0 Å². The molecule has 1 aliphatic rings. The van der Waals surface area contributed by atoms with Gasteiger partial charge in [-0.25, -0.2) is 4.79 Å². The van der Waals surface area contributed by atoms with Crippen LogP contribution in [0.2, 0.25) is 0 Å². The molecule has 1 aromatic heterocycles. The van der Waals surface area contributed by atoms with Gasteiger partial charge in [-0.15, -0.1) is 0 Å². The first-order valence-corrected chi connectivity index (χ1v) is 9.46. The third kappa shape index (κ3) is 4.80. The molecule has 1 fully saturated rings. The fourth-order valence-corrected chi connectivity index (χ4v) is 3.16. The molecule has 3 rings (SSSR count). The van der Waals surface area contributed by atoms with Gasteiger partial charge in [0.1, 0.15) is 5.76 Å². The van der Waals surface area contributed by atoms with Crippen molar-refractivity contribution >= 4 is 17.6 Å². The predicted octanol–water partition coefficient (Wildman–Crippen LogP) is 2.56. The molecule has 1 atom stereocenters. The number of hydrogen-bond acceptors (Lipinski definition) is 7. The number of nitro groups is 1. The number of ether oxygens (including phenoxy) is 1. The maximum absolute atomic E-state index is 12.5. The number of rotatable bonds is 6. The van der Waals surface area contributed by atoms with Crippen LogP contribution in [0.3, 0.4) is 0 Å². The van der Waals surface area contributed by atoms with Gasteiger partial charge >= 0.3 is 5.97 Å². The van der Waals surface area contributed by atoms with E-state index >= 15 is 0 Å². The predicted molar refractivity (Wildman–Crippen MR) is 104 cm³/mol. The van der Waals surface area contributed by atoms with Gasteiger partial charge in [0.2, 0.25) is 5.76 Å². The van der Waals surface area contributed by atoms with E-state index in [0.717, 1.165) is 19.6 Å². The minimum Gasteiger partial charge on any atom is -0.449 e. The topological polar surface area (TPSA) is 106 Å². The lowest BCUT2D eigenvalue weighted by Crippen LogP contribution is -2.51. The Morgan fingerprint density at radius 1 is 1.14 bits per heavy atom. The molecule has 9 heteroatoms. The standard InChI is InChI=1S/C20H23N3O6/c1-3-21-10-12-22(13-11-21)19(24)14(2)28-20(25)18-9-8-17(29-18)15-4-6-16(7-5-15)23(26)27/h4-9,14H,3,10-13H2,1-2H3/t14-/m0/s1. The summed E-state index contributed by atoms with van der Waals surface area (Å²) in [6, 6.07) is 8.82. The van der Waals surface area contributed by atoms with Crippen molar-refractivity contribution < 1.29 is 23.7 Å². The molecule has 0 saturated carbocycles. The highest BCUT2D eigenvalue weighted by molar-refractivity contribution is 5.90. The quantitative estimate of drug-likeness (QED) is 0.416. The van der Waals surface area contributed by atoms with E-state index < -0.39 is 17.0 Å². The van der Waals surface area contributed by atoms with Crippen LogP contribution in [0.4, 0.5) is 5.69 Å². The number of likely N-dealkylation sites (N-methyl/N-ethyl adjacent to an activating group) is 1. The van der Waals surface area contributed by atoms with Crippen LogP contribution in [-0.2, 0) is 9.53 Å². The summed E-state index contributed by atoms with van der Waals surface area (Å²) < 4.78 is 10.8. The number of carbonyl (C=O) groups excluding carboxylic acids is 2. The number of esters is 1. The van der Waals surface area contributed by atoms with Gasteiger partial charge in [0.15, 0.2) is 6.10 Å². The molecule has 0 aliphatic carbocycles. The molecule has 0 N–H and O–H groups in total. The van der Waals surface area contributed by atoms with Gasteiger partial charge in [0, 0.05) is 43.9 Å². The van der Waals surface area contributed by atoms with Crippen LogP contribution in [-0.4, -0.2) is 65.4 Å². The zero-order chi connectivity index (χ0) is 21.0. The Bertz CT molecular complexity index is 884. The Balaban J connectivity index is 1.59. The first-order valence-electron chi connectivity index (χ1n) is 9.46. The third-order valence-corrected chi connectivity index (χ3v) is 4.93. The molecule has 9 nitrogen and oxygen atoms in total. The highest BCUT2D eigenvalue weighted by atomic mass is 16.6. The van der Waals surface area contributed by atoms with Crippen molar-refractivity contribution in [3.05, 3.63) is 52.3 Å². The van der Waals surface area contributed by atoms with Crippen molar-refractivity contribution in [1.29, 1.82) is 0 Å². The maximum Gasteiger partial charge on any atom is 0.375 e. The lowest BCUT2D eigenvalue weighted by Gasteiger charge is -2.35. The average molecular weight is 401 g/mol. The zero-order valence-corrected chi connectivity index (χ0v) is 16.4. The second-order valence-electron chi connectivity index (χ2n) is 6.77. The number of nitro benzene ring substituents is 1. The van der Waals surface area contributed by atoms with Crippen LogP contribution in [0.1, 0.15) is 24.4 Å². The highest BCUT2D eigenvalue weighted by Gasteiger charge is 2.28. The zero-order valence-electron chi connectivity index (χ0n) is 16.4. The summed E-state index contributed by atoms with van der Waals surface area (Å²) in [6.45, 7) is 7.41. The van der Waals surface area contributed by atoms with Crippen molar-refractivity contribution in [3.8, 4) is 11.3 Å². The van der Waals surface area contributed by atoms with Gasteiger partial charge in [-0.1, -0.05) is 6.92 Å². The lowest BCUT2D eigenvalue weighted by molar-refractivity contribution is -0.384. The Morgan fingerprint density at radius 3 is 2.38 bits per heavy atom. The number of furan rings is 1. The summed E-state index contributed by atoms with van der Waals surface area (Å²) in [6.07, 6.45) is -0.913. The molecule has 1 amide bonds. The van der Waals surface area contributed by atoms with Crippen molar-refractivity contribution in [3.63, 3.8) is 0 Å². The fraction of sp³-hybridized carbons (Fsp3) is 0.400. The SMILES string of the molecule is CCN1CCN(C(=O)[C@H](C)OC(=O)c2ccc(-c3ccc([N+](=O)[O-])cc3)o2)CC1. The molecule has 1 saturated heterocycles. The van der Waals surface area contributed by atoms with Crippen molar-refractivity contribution in [2.24, 2.45) is 0 Å². The van der Waals surface area contributed by atoms with Gasteiger partial charge in [-0.3, -0.25) is 14.9 Å². The first-order chi connectivity index (χ1) is 13.9. The second kappa shape index (κ2) is 8.87. The average Bonchev–Trinajstić information content (AvgIpc) is 3.23. The first kappa shape index (κ1) is 20.5. The van der Waals surface area contributed by atoms with Crippen molar-refractivity contribution in [2.75, 3.05) is 32.7 Å². The molecular formula is C20H23N3O6. The van der Waals surface area contributed by atoms with Crippen LogP contribution < -0.4 is 0 Å². The van der Waals surface area contributed by atoms with Gasteiger partial charge in [-0.2, -0.15) is 0 Å². The van der Waals surface area contributed by atoms with E-state index in [2.05, 4.69) is 11.8 Å². The summed E-state index contributed by atoms with van der Waals surface area (Å²) in [4.78, 5) is 39.1. The maximum atomic E-state index is 12.5. The largest absolute Gasteiger partial charge is 0.449 e. The molecule has 154 valence electrons. The van der Waals surface area contributed by atoms with Crippen LogP contribution in [0.25, 0.3) is 11.3 Å². The van der Waals surface area contributed by atoms with Gasteiger partial charge in [-0.05, 0) is 37.7 Å². The molecule has 2 aromatic rings. The molecule has 2 heterocycles. The molecule has 0 bridgehead atoms. The third-order valence-electron chi connectivity index (χ3n) is 4.93. The number of benzene rings is 1. The summed E-state index contributed by atoms with van der Waals surface area (Å²) >= 11 is 0. The van der Waals surface area contributed by atoms with E-state index in [9.17, 15) is 19.7 Å². The number of amides is 1. The van der Waals surface area contributed by atoms with Crippen LogP contribution in [0, 0.1) is 10.1 Å². The summed E-state index contributed by atoms with van der Waals surface area (Å²) in [7, 11) is 0. The number of piperazine rings is 1. The number of carbonyl (C=O) groups is 2. The van der Waals surface area contributed by atoms with E-state index in [1.165, 1.54) is 30.3 Å². The molecule has 1 aromatic carbocycles. The number of non-ortho nitro benzene ring substituents is 1. The number of nitrogens with zero attached hydrogens (tertiary/aromatic N) is 3. The van der Waals surface area contributed by atoms with Gasteiger partial charge < -0.3 is 19.0 Å². The van der Waals surface area contributed by atoms with Crippen molar-refractivity contribution in [1.82, 2.24) is 9.80 Å². The van der Waals surface area contributed by atoms with Crippen molar-refractivity contribution in [2.45, 2.75) is 20.0 Å². The van der Waals surface area contributed by atoms with Crippen LogP contribution in [0.15, 0.2) is 40.8 Å². The molecule has 0 unspecified atom stereocenters. The van der Waals surface area contributed by atoms with Crippen LogP contribution >= 0.6 is 0 Å². The normalized spacial score (nSPS) is 15.7. The van der Waals surface area contributed by atoms with E-state index in [4.69, 9.17) is 9.15 Å². The molecule has 0 radical (unpaired) electrons. The Labute approximate surface area is 168 Å². The summed E-state index contributed by atoms with van der Waals surface area (Å²) in [5.74, 6) is -0.613. The number of hydrogen-bond donors (Lipinski definition) is 0. The molecular weight excluding hydrogens is 378 g/mol. The monoisotopic (exact) mass is 401 g/mol. The van der Waals surface area contributed by atoms with Gasteiger partial charge in [0.25, 0.3) is 11.6 Å². The van der Waals surface area contributed by atoms with E-state index in [0.29, 0.717) is 24.4 Å². The Morgan fingerprint density at radius 2 is 1.79 bits per heavy atom. The second-order valence-corrected chi connectivity index (χ2v) is 6.77. The van der Waals surface area contributed by atoms with E-state index in [-0.39, 0.29) is 17.4 Å². The summed E-state index contributed by atoms with van der Waals surface area (Å²) in [5.41, 5.74) is 0.555. The summed E-state index contributed by atoms with van der Waals surface area (Å²) in [5, 5.41) is 10.7. The van der Waals surface area contributed by atoms with E-state index in [1.54, 1.807) is 17.9 Å². The smallest absolute Gasteiger partial charge is 0.375 e.